The van der Waals surface area contributed by atoms with E-state index in [1.54, 1.807) is 17.8 Å². The SMILES string of the molecule is NC1CCC2N=C(Cc3ccccc3F)SC2C1. The van der Waals surface area contributed by atoms with Crippen LogP contribution < -0.4 is 5.73 Å². The Labute approximate surface area is 111 Å². The fourth-order valence-electron chi connectivity index (χ4n) is 2.70. The summed E-state index contributed by atoms with van der Waals surface area (Å²) in [7, 11) is 0. The molecule has 3 unspecified atom stereocenters. The van der Waals surface area contributed by atoms with Crippen LogP contribution in [0.2, 0.25) is 0 Å². The molecule has 1 fully saturated rings. The number of hydrogen-bond donors (Lipinski definition) is 1. The maximum absolute atomic E-state index is 13.6. The average Bonchev–Trinajstić information content (AvgIpc) is 2.73. The van der Waals surface area contributed by atoms with Crippen molar-refractivity contribution < 1.29 is 4.39 Å². The van der Waals surface area contributed by atoms with Gasteiger partial charge in [-0.1, -0.05) is 18.2 Å². The molecule has 18 heavy (non-hydrogen) atoms. The van der Waals surface area contributed by atoms with E-state index in [9.17, 15) is 4.39 Å². The van der Waals surface area contributed by atoms with Gasteiger partial charge in [0.25, 0.3) is 0 Å². The molecule has 0 aromatic heterocycles. The van der Waals surface area contributed by atoms with E-state index in [1.807, 2.05) is 12.1 Å². The van der Waals surface area contributed by atoms with Crippen molar-refractivity contribution in [3.8, 4) is 0 Å². The van der Waals surface area contributed by atoms with Crippen molar-refractivity contribution in [2.24, 2.45) is 10.7 Å². The molecule has 0 bridgehead atoms. The Bertz CT molecular complexity index is 475. The van der Waals surface area contributed by atoms with Crippen LogP contribution in [-0.2, 0) is 6.42 Å². The molecule has 4 heteroatoms. The fraction of sp³-hybridized carbons (Fsp3) is 0.500. The van der Waals surface area contributed by atoms with Gasteiger partial charge in [0.15, 0.2) is 0 Å². The summed E-state index contributed by atoms with van der Waals surface area (Å²) in [4.78, 5) is 4.74. The molecule has 2 N–H and O–H groups in total. The van der Waals surface area contributed by atoms with E-state index in [2.05, 4.69) is 0 Å². The highest BCUT2D eigenvalue weighted by molar-refractivity contribution is 8.14. The minimum absolute atomic E-state index is 0.132. The fourth-order valence-corrected chi connectivity index (χ4v) is 4.18. The molecule has 1 saturated carbocycles. The zero-order valence-electron chi connectivity index (χ0n) is 10.2. The van der Waals surface area contributed by atoms with Gasteiger partial charge in [0.2, 0.25) is 0 Å². The molecule has 2 aliphatic rings. The first-order valence-electron chi connectivity index (χ1n) is 6.44. The Kier molecular flexibility index (Phi) is 3.39. The van der Waals surface area contributed by atoms with Crippen molar-refractivity contribution in [2.45, 2.75) is 43.0 Å². The number of fused-ring (bicyclic) bond motifs is 1. The standard InChI is InChI=1S/C14H17FN2S/c15-11-4-2-1-3-9(11)7-14-17-12-6-5-10(16)8-13(12)18-14/h1-4,10,12-13H,5-8,16H2. The van der Waals surface area contributed by atoms with Gasteiger partial charge in [0.1, 0.15) is 5.82 Å². The Morgan fingerprint density at radius 3 is 3.00 bits per heavy atom. The van der Waals surface area contributed by atoms with Crippen molar-refractivity contribution in [3.63, 3.8) is 0 Å². The van der Waals surface area contributed by atoms with Gasteiger partial charge in [-0.3, -0.25) is 4.99 Å². The lowest BCUT2D eigenvalue weighted by molar-refractivity contribution is 0.411. The summed E-state index contributed by atoms with van der Waals surface area (Å²) < 4.78 is 13.6. The third-order valence-corrected chi connectivity index (χ3v) is 5.03. The minimum atomic E-state index is -0.132. The van der Waals surface area contributed by atoms with Crippen LogP contribution in [0.25, 0.3) is 0 Å². The average molecular weight is 264 g/mol. The summed E-state index contributed by atoms with van der Waals surface area (Å²) in [5.41, 5.74) is 6.73. The molecular weight excluding hydrogens is 247 g/mol. The normalized spacial score (nSPS) is 31.0. The largest absolute Gasteiger partial charge is 0.328 e. The molecule has 0 saturated heterocycles. The first-order valence-corrected chi connectivity index (χ1v) is 7.32. The van der Waals surface area contributed by atoms with Crippen LogP contribution in [0.4, 0.5) is 4.39 Å². The van der Waals surface area contributed by atoms with Crippen molar-refractivity contribution in [1.82, 2.24) is 0 Å². The lowest BCUT2D eigenvalue weighted by Crippen LogP contribution is -2.35. The van der Waals surface area contributed by atoms with Gasteiger partial charge >= 0.3 is 0 Å². The molecule has 96 valence electrons. The van der Waals surface area contributed by atoms with Gasteiger partial charge in [-0.05, 0) is 30.9 Å². The molecule has 1 aliphatic heterocycles. The number of thioether (sulfide) groups is 1. The molecular formula is C14H17FN2S. The Morgan fingerprint density at radius 2 is 2.17 bits per heavy atom. The number of halogens is 1. The zero-order chi connectivity index (χ0) is 12.5. The summed E-state index contributed by atoms with van der Waals surface area (Å²) in [5, 5.41) is 1.60. The molecule has 1 heterocycles. The molecule has 1 aromatic rings. The van der Waals surface area contributed by atoms with Gasteiger partial charge in [-0.25, -0.2) is 4.39 Å². The molecule has 3 atom stereocenters. The van der Waals surface area contributed by atoms with Crippen molar-refractivity contribution >= 4 is 16.8 Å². The van der Waals surface area contributed by atoms with Crippen LogP contribution in [-0.4, -0.2) is 22.4 Å². The van der Waals surface area contributed by atoms with Crippen LogP contribution >= 0.6 is 11.8 Å². The summed E-state index contributed by atoms with van der Waals surface area (Å²) in [6.07, 6.45) is 3.82. The summed E-state index contributed by atoms with van der Waals surface area (Å²) in [6.45, 7) is 0. The van der Waals surface area contributed by atoms with E-state index in [-0.39, 0.29) is 5.82 Å². The first-order chi connectivity index (χ1) is 8.72. The molecule has 0 spiro atoms. The van der Waals surface area contributed by atoms with Gasteiger partial charge in [0.05, 0.1) is 11.1 Å². The summed E-state index contributed by atoms with van der Waals surface area (Å²) in [6, 6.07) is 7.69. The van der Waals surface area contributed by atoms with Crippen LogP contribution in [0.15, 0.2) is 29.3 Å². The van der Waals surface area contributed by atoms with Gasteiger partial charge in [-0.15, -0.1) is 11.8 Å². The van der Waals surface area contributed by atoms with Gasteiger partial charge < -0.3 is 5.73 Å². The third kappa shape index (κ3) is 2.45. The highest BCUT2D eigenvalue weighted by atomic mass is 32.2. The summed E-state index contributed by atoms with van der Waals surface area (Å²) >= 11 is 1.81. The quantitative estimate of drug-likeness (QED) is 0.892. The maximum Gasteiger partial charge on any atom is 0.126 e. The van der Waals surface area contributed by atoms with Gasteiger partial charge in [0, 0.05) is 17.7 Å². The number of rotatable bonds is 2. The van der Waals surface area contributed by atoms with Crippen LogP contribution in [0.5, 0.6) is 0 Å². The predicted molar refractivity (Wildman–Crippen MR) is 74.5 cm³/mol. The minimum Gasteiger partial charge on any atom is -0.328 e. The molecule has 2 nitrogen and oxygen atoms in total. The van der Waals surface area contributed by atoms with E-state index < -0.39 is 0 Å². The second kappa shape index (κ2) is 5.02. The number of aliphatic imine (C=N–C) groups is 1. The third-order valence-electron chi connectivity index (χ3n) is 3.69. The highest BCUT2D eigenvalue weighted by Gasteiger charge is 2.34. The molecule has 1 aromatic carbocycles. The molecule has 0 radical (unpaired) electrons. The van der Waals surface area contributed by atoms with Crippen LogP contribution in [0.1, 0.15) is 24.8 Å². The van der Waals surface area contributed by atoms with E-state index in [4.69, 9.17) is 10.7 Å². The molecule has 0 amide bonds. The Balaban J connectivity index is 1.70. The smallest absolute Gasteiger partial charge is 0.126 e. The maximum atomic E-state index is 13.6. The number of benzene rings is 1. The van der Waals surface area contributed by atoms with Crippen molar-refractivity contribution in [3.05, 3.63) is 35.6 Å². The first kappa shape index (κ1) is 12.2. The van der Waals surface area contributed by atoms with Crippen LogP contribution in [0, 0.1) is 5.82 Å². The van der Waals surface area contributed by atoms with E-state index in [0.29, 0.717) is 23.8 Å². The van der Waals surface area contributed by atoms with Crippen molar-refractivity contribution in [1.29, 1.82) is 0 Å². The van der Waals surface area contributed by atoms with E-state index in [1.165, 1.54) is 6.07 Å². The lowest BCUT2D eigenvalue weighted by atomic mass is 9.92. The monoisotopic (exact) mass is 264 g/mol. The summed E-state index contributed by atoms with van der Waals surface area (Å²) in [5.74, 6) is -0.132. The lowest BCUT2D eigenvalue weighted by Gasteiger charge is -2.27. The zero-order valence-corrected chi connectivity index (χ0v) is 11.0. The van der Waals surface area contributed by atoms with E-state index in [0.717, 1.165) is 29.9 Å². The van der Waals surface area contributed by atoms with Crippen molar-refractivity contribution in [2.75, 3.05) is 0 Å². The Hall–Kier alpha value is -0.870. The second-order valence-corrected chi connectivity index (χ2v) is 6.40. The molecule has 3 rings (SSSR count). The highest BCUT2D eigenvalue weighted by Crippen LogP contribution is 2.37. The van der Waals surface area contributed by atoms with Crippen LogP contribution in [0.3, 0.4) is 0 Å². The number of nitrogens with zero attached hydrogens (tertiary/aromatic N) is 1. The topological polar surface area (TPSA) is 38.4 Å². The Morgan fingerprint density at radius 1 is 1.33 bits per heavy atom. The van der Waals surface area contributed by atoms with E-state index >= 15 is 0 Å². The second-order valence-electron chi connectivity index (χ2n) is 5.09. The van der Waals surface area contributed by atoms with Gasteiger partial charge in [-0.2, -0.15) is 0 Å². The number of nitrogens with two attached hydrogens (primary N) is 1. The molecule has 1 aliphatic carbocycles. The predicted octanol–water partition coefficient (Wildman–Crippen LogP) is 2.76. The number of hydrogen-bond acceptors (Lipinski definition) is 3.